The average molecular weight is 255 g/mol. The predicted octanol–water partition coefficient (Wildman–Crippen LogP) is 1.39. The van der Waals surface area contributed by atoms with E-state index in [0.717, 1.165) is 31.6 Å². The van der Waals surface area contributed by atoms with Crippen molar-refractivity contribution in [1.82, 2.24) is 9.88 Å². The summed E-state index contributed by atoms with van der Waals surface area (Å²) in [6.07, 6.45) is 2.86. The first kappa shape index (κ1) is 13.0. The van der Waals surface area contributed by atoms with Crippen LogP contribution in [-0.4, -0.2) is 42.2 Å². The number of ether oxygens (including phenoxy) is 1. The molecule has 0 aliphatic carbocycles. The van der Waals surface area contributed by atoms with E-state index in [4.69, 9.17) is 10.5 Å². The Balaban J connectivity index is 1.78. The molecule has 0 bridgehead atoms. The number of aromatic nitrogens is 1. The number of nitrogens with two attached hydrogens (primary N) is 1. The third-order valence-electron chi connectivity index (χ3n) is 3.23. The molecular formula is C12H21N3OS. The minimum absolute atomic E-state index is 0.276. The summed E-state index contributed by atoms with van der Waals surface area (Å²) in [6.45, 7) is 4.65. The standard InChI is InChI=1S/C12H21N3OS/c1-9-12(17-8-14-9)7-15(2)6-11-4-3-10(5-13)16-11/h8,10-11H,3-7,13H2,1-2H3. The van der Waals surface area contributed by atoms with Gasteiger partial charge in [0.1, 0.15) is 0 Å². The maximum absolute atomic E-state index is 5.85. The SMILES string of the molecule is Cc1ncsc1CN(C)CC1CCC(CN)O1. The fourth-order valence-corrected chi connectivity index (χ4v) is 3.08. The lowest BCUT2D eigenvalue weighted by Crippen LogP contribution is -2.30. The summed E-state index contributed by atoms with van der Waals surface area (Å²) in [5, 5.41) is 0. The van der Waals surface area contributed by atoms with Crippen LogP contribution >= 0.6 is 11.3 Å². The van der Waals surface area contributed by atoms with Crippen molar-refractivity contribution in [3.05, 3.63) is 16.1 Å². The molecule has 1 aliphatic rings. The highest BCUT2D eigenvalue weighted by atomic mass is 32.1. The highest BCUT2D eigenvalue weighted by Crippen LogP contribution is 2.21. The van der Waals surface area contributed by atoms with Gasteiger partial charge in [0.2, 0.25) is 0 Å². The van der Waals surface area contributed by atoms with E-state index in [1.807, 2.05) is 5.51 Å². The number of hydrogen-bond acceptors (Lipinski definition) is 5. The van der Waals surface area contributed by atoms with Gasteiger partial charge in [-0.15, -0.1) is 11.3 Å². The van der Waals surface area contributed by atoms with Crippen molar-refractivity contribution in [2.45, 2.75) is 38.5 Å². The molecule has 2 N–H and O–H groups in total. The van der Waals surface area contributed by atoms with Crippen LogP contribution in [0.1, 0.15) is 23.4 Å². The minimum atomic E-state index is 0.276. The van der Waals surface area contributed by atoms with Crippen molar-refractivity contribution in [1.29, 1.82) is 0 Å². The Morgan fingerprint density at radius 3 is 2.88 bits per heavy atom. The van der Waals surface area contributed by atoms with Crippen LogP contribution in [0.2, 0.25) is 0 Å². The van der Waals surface area contributed by atoms with Crippen LogP contribution in [0.5, 0.6) is 0 Å². The second-order valence-electron chi connectivity index (χ2n) is 4.75. The summed E-state index contributed by atoms with van der Waals surface area (Å²) >= 11 is 1.73. The molecule has 96 valence electrons. The Hall–Kier alpha value is -0.490. The van der Waals surface area contributed by atoms with Crippen LogP contribution in [0.4, 0.5) is 0 Å². The zero-order valence-corrected chi connectivity index (χ0v) is 11.4. The van der Waals surface area contributed by atoms with Crippen LogP contribution in [-0.2, 0) is 11.3 Å². The average Bonchev–Trinajstić information content (AvgIpc) is 2.89. The van der Waals surface area contributed by atoms with Gasteiger partial charge in [-0.2, -0.15) is 0 Å². The lowest BCUT2D eigenvalue weighted by atomic mass is 10.2. The molecule has 1 aromatic heterocycles. The van der Waals surface area contributed by atoms with Crippen molar-refractivity contribution in [2.75, 3.05) is 20.1 Å². The highest BCUT2D eigenvalue weighted by molar-refractivity contribution is 7.09. The Labute approximate surface area is 107 Å². The van der Waals surface area contributed by atoms with Crippen LogP contribution in [0.25, 0.3) is 0 Å². The topological polar surface area (TPSA) is 51.4 Å². The molecule has 2 heterocycles. The molecule has 0 spiro atoms. The molecule has 0 saturated carbocycles. The third-order valence-corrected chi connectivity index (χ3v) is 4.15. The van der Waals surface area contributed by atoms with E-state index >= 15 is 0 Å². The largest absolute Gasteiger partial charge is 0.372 e. The summed E-state index contributed by atoms with van der Waals surface area (Å²) < 4.78 is 5.85. The number of hydrogen-bond donors (Lipinski definition) is 1. The molecule has 1 fully saturated rings. The van der Waals surface area contributed by atoms with Gasteiger partial charge in [0.25, 0.3) is 0 Å². The van der Waals surface area contributed by atoms with Gasteiger partial charge in [-0.3, -0.25) is 4.90 Å². The summed E-state index contributed by atoms with van der Waals surface area (Å²) in [4.78, 5) is 7.93. The first-order chi connectivity index (χ1) is 8.19. The Morgan fingerprint density at radius 1 is 1.53 bits per heavy atom. The molecule has 0 radical (unpaired) electrons. The van der Waals surface area contributed by atoms with E-state index in [1.165, 1.54) is 4.88 Å². The third kappa shape index (κ3) is 3.48. The van der Waals surface area contributed by atoms with E-state index in [1.54, 1.807) is 11.3 Å². The van der Waals surface area contributed by atoms with Gasteiger partial charge in [-0.05, 0) is 26.8 Å². The predicted molar refractivity (Wildman–Crippen MR) is 70.1 cm³/mol. The number of aryl methyl sites for hydroxylation is 1. The Bertz CT molecular complexity index is 355. The summed E-state index contributed by atoms with van der Waals surface area (Å²) in [5.74, 6) is 0. The van der Waals surface area contributed by atoms with Crippen LogP contribution in [0, 0.1) is 6.92 Å². The normalized spacial score (nSPS) is 24.7. The molecule has 2 rings (SSSR count). The number of likely N-dealkylation sites (N-methyl/N-ethyl adjacent to an activating group) is 1. The lowest BCUT2D eigenvalue weighted by molar-refractivity contribution is 0.0307. The Kier molecular flexibility index (Phi) is 4.50. The van der Waals surface area contributed by atoms with Gasteiger partial charge in [-0.25, -0.2) is 4.98 Å². The van der Waals surface area contributed by atoms with E-state index in [0.29, 0.717) is 12.6 Å². The second-order valence-corrected chi connectivity index (χ2v) is 5.69. The van der Waals surface area contributed by atoms with Crippen LogP contribution in [0.15, 0.2) is 5.51 Å². The minimum Gasteiger partial charge on any atom is -0.372 e. The first-order valence-electron chi connectivity index (χ1n) is 6.12. The molecule has 1 aromatic rings. The number of nitrogens with zero attached hydrogens (tertiary/aromatic N) is 2. The summed E-state index contributed by atoms with van der Waals surface area (Å²) in [7, 11) is 2.14. The van der Waals surface area contributed by atoms with Gasteiger partial charge < -0.3 is 10.5 Å². The van der Waals surface area contributed by atoms with Gasteiger partial charge in [0, 0.05) is 24.5 Å². The first-order valence-corrected chi connectivity index (χ1v) is 7.00. The zero-order chi connectivity index (χ0) is 12.3. The molecule has 1 saturated heterocycles. The van der Waals surface area contributed by atoms with E-state index in [9.17, 15) is 0 Å². The molecular weight excluding hydrogens is 234 g/mol. The van der Waals surface area contributed by atoms with Gasteiger partial charge >= 0.3 is 0 Å². The van der Waals surface area contributed by atoms with Crippen molar-refractivity contribution >= 4 is 11.3 Å². The van der Waals surface area contributed by atoms with E-state index < -0.39 is 0 Å². The molecule has 0 amide bonds. The van der Waals surface area contributed by atoms with Crippen LogP contribution in [0.3, 0.4) is 0 Å². The lowest BCUT2D eigenvalue weighted by Gasteiger charge is -2.20. The smallest absolute Gasteiger partial charge is 0.0798 e. The van der Waals surface area contributed by atoms with Gasteiger partial charge in [0.05, 0.1) is 23.4 Å². The molecule has 0 aromatic carbocycles. The van der Waals surface area contributed by atoms with Crippen molar-refractivity contribution in [3.63, 3.8) is 0 Å². The summed E-state index contributed by atoms with van der Waals surface area (Å²) in [6, 6.07) is 0. The van der Waals surface area contributed by atoms with Crippen molar-refractivity contribution in [2.24, 2.45) is 5.73 Å². The maximum atomic E-state index is 5.85. The Morgan fingerprint density at radius 2 is 2.29 bits per heavy atom. The number of rotatable bonds is 5. The van der Waals surface area contributed by atoms with E-state index in [-0.39, 0.29) is 6.10 Å². The monoisotopic (exact) mass is 255 g/mol. The highest BCUT2D eigenvalue weighted by Gasteiger charge is 2.25. The zero-order valence-electron chi connectivity index (χ0n) is 10.6. The molecule has 5 heteroatoms. The second kappa shape index (κ2) is 5.91. The fraction of sp³-hybridized carbons (Fsp3) is 0.750. The van der Waals surface area contributed by atoms with Crippen LogP contribution < -0.4 is 5.73 Å². The van der Waals surface area contributed by atoms with E-state index in [2.05, 4.69) is 23.9 Å². The molecule has 2 unspecified atom stereocenters. The molecule has 2 atom stereocenters. The molecule has 17 heavy (non-hydrogen) atoms. The fourth-order valence-electron chi connectivity index (χ4n) is 2.22. The quantitative estimate of drug-likeness (QED) is 0.864. The number of thiazole rings is 1. The molecule has 4 nitrogen and oxygen atoms in total. The van der Waals surface area contributed by atoms with Gasteiger partial charge in [0.15, 0.2) is 0 Å². The summed E-state index contributed by atoms with van der Waals surface area (Å²) in [5.41, 5.74) is 8.67. The molecule has 1 aliphatic heterocycles. The van der Waals surface area contributed by atoms with Crippen molar-refractivity contribution in [3.8, 4) is 0 Å². The van der Waals surface area contributed by atoms with Crippen molar-refractivity contribution < 1.29 is 4.74 Å². The maximum Gasteiger partial charge on any atom is 0.0798 e. The van der Waals surface area contributed by atoms with Gasteiger partial charge in [-0.1, -0.05) is 0 Å².